The molecule has 2 heterocycles. The molecule has 1 fully saturated rings. The molecule has 0 atom stereocenters. The Kier molecular flexibility index (Phi) is 7.77. The van der Waals surface area contributed by atoms with Crippen LogP contribution in [0.5, 0.6) is 0 Å². The third kappa shape index (κ3) is 6.22. The van der Waals surface area contributed by atoms with Crippen molar-refractivity contribution in [2.24, 2.45) is 0 Å². The summed E-state index contributed by atoms with van der Waals surface area (Å²) in [4.78, 5) is 2.25. The second kappa shape index (κ2) is 9.58. The van der Waals surface area contributed by atoms with Crippen LogP contribution in [-0.2, 0) is 9.84 Å². The van der Waals surface area contributed by atoms with Crippen LogP contribution in [0.2, 0.25) is 0 Å². The maximum atomic E-state index is 12.1. The molecule has 0 saturated carbocycles. The number of aromatic nitrogens is 1. The van der Waals surface area contributed by atoms with E-state index in [0.717, 1.165) is 35.9 Å². The molecule has 1 aromatic heterocycles. The van der Waals surface area contributed by atoms with Gasteiger partial charge >= 0.3 is 0 Å². The van der Waals surface area contributed by atoms with Gasteiger partial charge in [-0.1, -0.05) is 47.4 Å². The molecule has 132 valence electrons. The van der Waals surface area contributed by atoms with E-state index in [0.29, 0.717) is 12.6 Å². The van der Waals surface area contributed by atoms with E-state index >= 15 is 0 Å². The van der Waals surface area contributed by atoms with Gasteiger partial charge in [-0.15, -0.1) is 0 Å². The predicted octanol–water partition coefficient (Wildman–Crippen LogP) is 3.60. The number of hydrogen-bond donors (Lipinski definition) is 0. The van der Waals surface area contributed by atoms with Crippen molar-refractivity contribution >= 4 is 32.4 Å². The molecule has 2 rings (SSSR count). The van der Waals surface area contributed by atoms with Crippen molar-refractivity contribution in [1.82, 2.24) is 9.47 Å². The molecule has 24 heavy (non-hydrogen) atoms. The number of sulfone groups is 1. The molecule has 1 aliphatic heterocycles. The molecule has 0 aliphatic carbocycles. The van der Waals surface area contributed by atoms with E-state index in [1.807, 2.05) is 0 Å². The third-order valence-electron chi connectivity index (χ3n) is 4.31. The second-order valence-corrected chi connectivity index (χ2v) is 8.75. The summed E-state index contributed by atoms with van der Waals surface area (Å²) in [5, 5.41) is 1.31. The maximum absolute atomic E-state index is 12.1. The number of allylic oxidation sites excluding steroid dienone is 4. The number of hydrogen-bond acceptors (Lipinski definition) is 3. The Morgan fingerprint density at radius 1 is 1.25 bits per heavy atom. The third-order valence-corrected chi connectivity index (χ3v) is 6.52. The van der Waals surface area contributed by atoms with Crippen LogP contribution in [0.1, 0.15) is 18.9 Å². The molecule has 0 aromatic carbocycles. The monoisotopic (exact) mass is 460 g/mol. The van der Waals surface area contributed by atoms with Crippen molar-refractivity contribution in [2.75, 3.05) is 29.8 Å². The number of halogens is 1. The van der Waals surface area contributed by atoms with Gasteiger partial charge in [-0.2, -0.15) is 0 Å². The molecule has 0 unspecified atom stereocenters. The van der Waals surface area contributed by atoms with Gasteiger partial charge in [0.25, 0.3) is 0 Å². The van der Waals surface area contributed by atoms with Crippen molar-refractivity contribution in [3.63, 3.8) is 0 Å². The molecule has 1 saturated heterocycles. The molecular weight excluding hydrogens is 435 g/mol. The fraction of sp³-hybridized carbons (Fsp3) is 0.444. The summed E-state index contributed by atoms with van der Waals surface area (Å²) in [7, 11) is -3.16. The van der Waals surface area contributed by atoms with E-state index in [-0.39, 0.29) is 5.75 Å². The summed E-state index contributed by atoms with van der Waals surface area (Å²) in [6, 6.07) is 4.65. The average molecular weight is 460 g/mol. The summed E-state index contributed by atoms with van der Waals surface area (Å²) in [6.45, 7) is 6.22. The van der Waals surface area contributed by atoms with E-state index < -0.39 is 9.84 Å². The Labute approximate surface area is 159 Å². The molecular formula is C18H25IN2O2S. The maximum Gasteiger partial charge on any atom is 0.172 e. The van der Waals surface area contributed by atoms with Crippen LogP contribution in [0.4, 0.5) is 0 Å². The van der Waals surface area contributed by atoms with Crippen molar-refractivity contribution in [3.05, 3.63) is 60.3 Å². The smallest absolute Gasteiger partial charge is 0.172 e. The Bertz CT molecular complexity index is 670. The standard InChI is InChI=1S/C18H25IN2O2S/c1-2-17(16-19)6-5-14-24(22,23)15-13-20-11-7-18(8-12-20)21-9-3-4-10-21/h2-6,9-10,14,18H,1,7-8,11-13,15-16H2/b14-5+,17-6+. The van der Waals surface area contributed by atoms with Gasteiger partial charge in [-0.05, 0) is 30.5 Å². The summed E-state index contributed by atoms with van der Waals surface area (Å²) in [5.74, 6) is 0.180. The van der Waals surface area contributed by atoms with Gasteiger partial charge in [-0.25, -0.2) is 8.42 Å². The molecule has 1 aliphatic rings. The summed E-state index contributed by atoms with van der Waals surface area (Å²) < 4.78 is 27.3. The Hall–Kier alpha value is -0.860. The molecule has 0 N–H and O–H groups in total. The minimum absolute atomic E-state index is 0.180. The van der Waals surface area contributed by atoms with Crippen molar-refractivity contribution in [3.8, 4) is 0 Å². The van der Waals surface area contributed by atoms with E-state index in [1.165, 1.54) is 5.41 Å². The first-order valence-electron chi connectivity index (χ1n) is 8.17. The largest absolute Gasteiger partial charge is 0.351 e. The molecule has 4 nitrogen and oxygen atoms in total. The first kappa shape index (κ1) is 19.5. The van der Waals surface area contributed by atoms with E-state index in [1.54, 1.807) is 18.2 Å². The first-order valence-corrected chi connectivity index (χ1v) is 11.4. The van der Waals surface area contributed by atoms with E-state index in [9.17, 15) is 8.42 Å². The second-order valence-electron chi connectivity index (χ2n) is 5.98. The lowest BCUT2D eigenvalue weighted by Gasteiger charge is -2.32. The normalized spacial score (nSPS) is 18.3. The lowest BCUT2D eigenvalue weighted by atomic mass is 10.1. The number of rotatable bonds is 8. The highest BCUT2D eigenvalue weighted by Crippen LogP contribution is 2.22. The van der Waals surface area contributed by atoms with Crippen LogP contribution in [0.3, 0.4) is 0 Å². The summed E-state index contributed by atoms with van der Waals surface area (Å²) >= 11 is 2.23. The average Bonchev–Trinajstić information content (AvgIpc) is 3.12. The molecule has 0 amide bonds. The zero-order valence-corrected chi connectivity index (χ0v) is 16.8. The zero-order chi connectivity index (χ0) is 17.4. The predicted molar refractivity (Wildman–Crippen MR) is 109 cm³/mol. The highest BCUT2D eigenvalue weighted by molar-refractivity contribution is 14.1. The molecule has 0 spiro atoms. The van der Waals surface area contributed by atoms with Crippen LogP contribution in [-0.4, -0.2) is 47.7 Å². The van der Waals surface area contributed by atoms with Gasteiger partial charge in [0, 0.05) is 47.9 Å². The van der Waals surface area contributed by atoms with Crippen LogP contribution < -0.4 is 0 Å². The van der Waals surface area contributed by atoms with Gasteiger partial charge in [0.05, 0.1) is 5.75 Å². The zero-order valence-electron chi connectivity index (χ0n) is 13.9. The number of piperidine rings is 1. The molecule has 0 bridgehead atoms. The van der Waals surface area contributed by atoms with Crippen LogP contribution in [0, 0.1) is 0 Å². The lowest BCUT2D eigenvalue weighted by Crippen LogP contribution is -2.37. The Morgan fingerprint density at radius 3 is 2.50 bits per heavy atom. The highest BCUT2D eigenvalue weighted by Gasteiger charge is 2.20. The molecule has 6 heteroatoms. The summed E-state index contributed by atoms with van der Waals surface area (Å²) in [6.07, 6.45) is 11.5. The SMILES string of the molecule is C=C/C(=C\C=C\S(=O)(=O)CCN1CCC(n2cccc2)CC1)CI. The van der Waals surface area contributed by atoms with Crippen LogP contribution in [0.25, 0.3) is 0 Å². The number of alkyl halides is 1. The van der Waals surface area contributed by atoms with Crippen molar-refractivity contribution in [2.45, 2.75) is 18.9 Å². The number of nitrogens with zero attached hydrogens (tertiary/aromatic N) is 2. The van der Waals surface area contributed by atoms with Crippen molar-refractivity contribution < 1.29 is 8.42 Å². The molecule has 0 radical (unpaired) electrons. The van der Waals surface area contributed by atoms with Crippen LogP contribution >= 0.6 is 22.6 Å². The molecule has 1 aromatic rings. The quantitative estimate of drug-likeness (QED) is 0.338. The van der Waals surface area contributed by atoms with Gasteiger partial charge < -0.3 is 9.47 Å². The Morgan fingerprint density at radius 2 is 1.92 bits per heavy atom. The topological polar surface area (TPSA) is 42.3 Å². The van der Waals surface area contributed by atoms with Crippen molar-refractivity contribution in [1.29, 1.82) is 0 Å². The van der Waals surface area contributed by atoms with E-state index in [4.69, 9.17) is 0 Å². The Balaban J connectivity index is 1.78. The minimum atomic E-state index is -3.16. The van der Waals surface area contributed by atoms with Gasteiger partial charge in [-0.3, -0.25) is 0 Å². The lowest BCUT2D eigenvalue weighted by molar-refractivity contribution is 0.195. The fourth-order valence-corrected chi connectivity index (χ4v) is 4.34. The fourth-order valence-electron chi connectivity index (χ4n) is 2.81. The summed E-state index contributed by atoms with van der Waals surface area (Å²) in [5.41, 5.74) is 1.02. The van der Waals surface area contributed by atoms with Crippen LogP contribution in [0.15, 0.2) is 60.3 Å². The first-order chi connectivity index (χ1) is 11.5. The minimum Gasteiger partial charge on any atom is -0.351 e. The van der Waals surface area contributed by atoms with Gasteiger partial charge in [0.15, 0.2) is 9.84 Å². The van der Waals surface area contributed by atoms with E-state index in [2.05, 4.69) is 63.2 Å². The van der Waals surface area contributed by atoms with Gasteiger partial charge in [0.2, 0.25) is 0 Å². The number of likely N-dealkylation sites (tertiary alicyclic amines) is 1. The van der Waals surface area contributed by atoms with Gasteiger partial charge in [0.1, 0.15) is 0 Å². The highest BCUT2D eigenvalue weighted by atomic mass is 127.